The van der Waals surface area contributed by atoms with Crippen LogP contribution in [0, 0.1) is 0 Å². The normalized spacial score (nSPS) is 12.1. The Hall–Kier alpha value is -1.35. The number of carbonyl (C=O) groups is 1. The van der Waals surface area contributed by atoms with Gasteiger partial charge in [-0.2, -0.15) is 0 Å². The molecule has 0 bridgehead atoms. The summed E-state index contributed by atoms with van der Waals surface area (Å²) in [6.45, 7) is 2.74. The molecule has 0 aliphatic heterocycles. The van der Waals surface area contributed by atoms with Crippen molar-refractivity contribution in [1.82, 2.24) is 10.6 Å². The highest BCUT2D eigenvalue weighted by Crippen LogP contribution is 2.01. The van der Waals surface area contributed by atoms with Crippen LogP contribution < -0.4 is 10.6 Å². The zero-order chi connectivity index (χ0) is 11.8. The van der Waals surface area contributed by atoms with Gasteiger partial charge >= 0.3 is 0 Å². The number of likely N-dealkylation sites (N-methyl/N-ethyl adjacent to an activating group) is 1. The van der Waals surface area contributed by atoms with Crippen LogP contribution >= 0.6 is 0 Å². The molecule has 0 aromatic heterocycles. The molecular weight excluding hydrogens is 200 g/mol. The Bertz CT molecular complexity index is 311. The summed E-state index contributed by atoms with van der Waals surface area (Å²) < 4.78 is 0. The fourth-order valence-electron chi connectivity index (χ4n) is 1.56. The maximum absolute atomic E-state index is 11.2. The minimum Gasteiger partial charge on any atom is -0.358 e. The molecular formula is C13H20N2O. The molecule has 3 nitrogen and oxygen atoms in total. The van der Waals surface area contributed by atoms with Crippen LogP contribution in [-0.2, 0) is 11.2 Å². The van der Waals surface area contributed by atoms with Crippen molar-refractivity contribution in [3.63, 3.8) is 0 Å². The molecule has 0 saturated heterocycles. The van der Waals surface area contributed by atoms with Gasteiger partial charge in [-0.15, -0.1) is 0 Å². The number of aryl methyl sites for hydroxylation is 1. The van der Waals surface area contributed by atoms with Crippen molar-refractivity contribution in [3.05, 3.63) is 35.9 Å². The first-order valence-electron chi connectivity index (χ1n) is 5.73. The van der Waals surface area contributed by atoms with Crippen LogP contribution in [-0.4, -0.2) is 25.5 Å². The SMILES string of the molecule is CNC(=O)[C@@H](C)NCCCc1ccccc1. The lowest BCUT2D eigenvalue weighted by atomic mass is 10.1. The summed E-state index contributed by atoms with van der Waals surface area (Å²) in [5, 5.41) is 5.81. The third-order valence-electron chi connectivity index (χ3n) is 2.58. The quantitative estimate of drug-likeness (QED) is 0.710. The van der Waals surface area contributed by atoms with E-state index >= 15 is 0 Å². The Morgan fingerprint density at radius 1 is 1.31 bits per heavy atom. The molecule has 2 N–H and O–H groups in total. The molecule has 1 rings (SSSR count). The standard InChI is InChI=1S/C13H20N2O/c1-11(13(16)14-2)15-10-6-9-12-7-4-3-5-8-12/h3-5,7-8,11,15H,6,9-10H2,1-2H3,(H,14,16)/t11-/m1/s1. The monoisotopic (exact) mass is 220 g/mol. The summed E-state index contributed by atoms with van der Waals surface area (Å²) >= 11 is 0. The predicted molar refractivity (Wildman–Crippen MR) is 66.3 cm³/mol. The lowest BCUT2D eigenvalue weighted by Crippen LogP contribution is -2.41. The topological polar surface area (TPSA) is 41.1 Å². The van der Waals surface area contributed by atoms with Crippen LogP contribution in [0.15, 0.2) is 30.3 Å². The van der Waals surface area contributed by atoms with E-state index in [1.807, 2.05) is 13.0 Å². The van der Waals surface area contributed by atoms with Crippen molar-refractivity contribution in [1.29, 1.82) is 0 Å². The molecule has 0 saturated carbocycles. The molecule has 0 spiro atoms. The molecule has 0 radical (unpaired) electrons. The number of benzene rings is 1. The molecule has 88 valence electrons. The Morgan fingerprint density at radius 2 is 2.00 bits per heavy atom. The van der Waals surface area contributed by atoms with Crippen molar-refractivity contribution in [2.75, 3.05) is 13.6 Å². The summed E-state index contributed by atoms with van der Waals surface area (Å²) in [5.41, 5.74) is 1.34. The first kappa shape index (κ1) is 12.7. The van der Waals surface area contributed by atoms with Crippen LogP contribution in [0.2, 0.25) is 0 Å². The number of rotatable bonds is 6. The van der Waals surface area contributed by atoms with Gasteiger partial charge in [0, 0.05) is 7.05 Å². The van der Waals surface area contributed by atoms with Crippen molar-refractivity contribution in [2.45, 2.75) is 25.8 Å². The van der Waals surface area contributed by atoms with Crippen molar-refractivity contribution in [3.8, 4) is 0 Å². The zero-order valence-corrected chi connectivity index (χ0v) is 9.99. The number of hydrogen-bond donors (Lipinski definition) is 2. The van der Waals surface area contributed by atoms with E-state index in [1.165, 1.54) is 5.56 Å². The van der Waals surface area contributed by atoms with E-state index in [4.69, 9.17) is 0 Å². The van der Waals surface area contributed by atoms with Gasteiger partial charge in [0.05, 0.1) is 6.04 Å². The van der Waals surface area contributed by atoms with E-state index < -0.39 is 0 Å². The first-order valence-corrected chi connectivity index (χ1v) is 5.73. The predicted octanol–water partition coefficient (Wildman–Crippen LogP) is 1.34. The van der Waals surface area contributed by atoms with Gasteiger partial charge in [0.25, 0.3) is 0 Å². The highest BCUT2D eigenvalue weighted by molar-refractivity contribution is 5.80. The number of carbonyl (C=O) groups excluding carboxylic acids is 1. The Balaban J connectivity index is 2.15. The van der Waals surface area contributed by atoms with Gasteiger partial charge < -0.3 is 10.6 Å². The Kier molecular flexibility index (Phi) is 5.57. The molecule has 1 amide bonds. The summed E-state index contributed by atoms with van der Waals surface area (Å²) in [6.07, 6.45) is 2.10. The molecule has 1 aromatic rings. The average Bonchev–Trinajstić information content (AvgIpc) is 2.34. The summed E-state index contributed by atoms with van der Waals surface area (Å²) in [5.74, 6) is 0.0414. The van der Waals surface area contributed by atoms with E-state index in [1.54, 1.807) is 7.05 Å². The molecule has 0 fully saturated rings. The van der Waals surface area contributed by atoms with Crippen molar-refractivity contribution < 1.29 is 4.79 Å². The molecule has 1 atom stereocenters. The third kappa shape index (κ3) is 4.45. The minimum atomic E-state index is -0.110. The largest absolute Gasteiger partial charge is 0.358 e. The van der Waals surface area contributed by atoms with Crippen LogP contribution in [0.25, 0.3) is 0 Å². The summed E-state index contributed by atoms with van der Waals surface area (Å²) in [7, 11) is 1.66. The molecule has 0 aliphatic carbocycles. The zero-order valence-electron chi connectivity index (χ0n) is 9.99. The Labute approximate surface area is 97.2 Å². The smallest absolute Gasteiger partial charge is 0.236 e. The van der Waals surface area contributed by atoms with Crippen LogP contribution in [0.3, 0.4) is 0 Å². The average molecular weight is 220 g/mol. The fraction of sp³-hybridized carbons (Fsp3) is 0.462. The van der Waals surface area contributed by atoms with E-state index in [0.717, 1.165) is 19.4 Å². The maximum atomic E-state index is 11.2. The molecule has 0 heterocycles. The van der Waals surface area contributed by atoms with Gasteiger partial charge in [-0.1, -0.05) is 30.3 Å². The second-order valence-electron chi connectivity index (χ2n) is 3.88. The highest BCUT2D eigenvalue weighted by Gasteiger charge is 2.08. The maximum Gasteiger partial charge on any atom is 0.236 e. The minimum absolute atomic E-state index is 0.0414. The fourth-order valence-corrected chi connectivity index (χ4v) is 1.56. The highest BCUT2D eigenvalue weighted by atomic mass is 16.2. The van der Waals surface area contributed by atoms with Gasteiger partial charge in [-0.25, -0.2) is 0 Å². The molecule has 1 aromatic carbocycles. The lowest BCUT2D eigenvalue weighted by Gasteiger charge is -2.11. The Morgan fingerprint density at radius 3 is 2.62 bits per heavy atom. The van der Waals surface area contributed by atoms with E-state index in [2.05, 4.69) is 34.9 Å². The number of amides is 1. The summed E-state index contributed by atoms with van der Waals surface area (Å²) in [4.78, 5) is 11.2. The van der Waals surface area contributed by atoms with E-state index in [9.17, 15) is 4.79 Å². The van der Waals surface area contributed by atoms with Crippen molar-refractivity contribution in [2.24, 2.45) is 0 Å². The van der Waals surface area contributed by atoms with Crippen LogP contribution in [0.4, 0.5) is 0 Å². The van der Waals surface area contributed by atoms with Gasteiger partial charge in [0.2, 0.25) is 5.91 Å². The van der Waals surface area contributed by atoms with Crippen LogP contribution in [0.1, 0.15) is 18.9 Å². The molecule has 0 aliphatic rings. The van der Waals surface area contributed by atoms with Crippen molar-refractivity contribution >= 4 is 5.91 Å². The van der Waals surface area contributed by atoms with E-state index in [0.29, 0.717) is 0 Å². The number of hydrogen-bond acceptors (Lipinski definition) is 2. The van der Waals surface area contributed by atoms with Crippen LogP contribution in [0.5, 0.6) is 0 Å². The van der Waals surface area contributed by atoms with Gasteiger partial charge in [0.15, 0.2) is 0 Å². The third-order valence-corrected chi connectivity index (χ3v) is 2.58. The molecule has 16 heavy (non-hydrogen) atoms. The van der Waals surface area contributed by atoms with E-state index in [-0.39, 0.29) is 11.9 Å². The lowest BCUT2D eigenvalue weighted by molar-refractivity contribution is -0.122. The first-order chi connectivity index (χ1) is 7.74. The second kappa shape index (κ2) is 7.01. The molecule has 0 unspecified atom stereocenters. The number of nitrogens with one attached hydrogen (secondary N) is 2. The molecule has 3 heteroatoms. The summed E-state index contributed by atoms with van der Waals surface area (Å²) in [6, 6.07) is 10.3. The van der Waals surface area contributed by atoms with Gasteiger partial charge in [-0.05, 0) is 31.9 Å². The van der Waals surface area contributed by atoms with Gasteiger partial charge in [0.1, 0.15) is 0 Å². The second-order valence-corrected chi connectivity index (χ2v) is 3.88. The van der Waals surface area contributed by atoms with Gasteiger partial charge in [-0.3, -0.25) is 4.79 Å².